The van der Waals surface area contributed by atoms with E-state index in [-0.39, 0.29) is 74.7 Å². The van der Waals surface area contributed by atoms with Gasteiger partial charge >= 0.3 is 0 Å². The van der Waals surface area contributed by atoms with Crippen LogP contribution in [0.25, 0.3) is 22.5 Å². The average Bonchev–Trinajstić information content (AvgIpc) is 3.33. The predicted octanol–water partition coefficient (Wildman–Crippen LogP) is 9.21. The molecule has 2 aromatic heterocycles. The number of rotatable bonds is 12. The van der Waals surface area contributed by atoms with E-state index < -0.39 is 35.5 Å². The van der Waals surface area contributed by atoms with Crippen molar-refractivity contribution < 1.29 is 28.6 Å². The number of carbonyl (C=O) groups excluding carboxylic acids is 2. The fraction of sp³-hybridized carbons (Fsp3) is 0.346. The summed E-state index contributed by atoms with van der Waals surface area (Å²) in [6, 6.07) is 20.9. The normalized spacial score (nSPS) is 18.4. The average molecular weight is 1000 g/mol. The van der Waals surface area contributed by atoms with E-state index in [4.69, 9.17) is 46.1 Å². The quantitative estimate of drug-likeness (QED) is 0.0571. The number of halogens is 4. The van der Waals surface area contributed by atoms with Crippen LogP contribution < -0.4 is 33.6 Å². The van der Waals surface area contributed by atoms with Crippen LogP contribution in [-0.2, 0) is 0 Å². The van der Waals surface area contributed by atoms with Gasteiger partial charge in [-0.05, 0) is 111 Å². The zero-order valence-electron chi connectivity index (χ0n) is 37.1. The molecule has 2 heterocycles. The number of benzene rings is 4. The highest BCUT2D eigenvalue weighted by molar-refractivity contribution is 6.30. The first-order chi connectivity index (χ1) is 32.7. The summed E-state index contributed by atoms with van der Waals surface area (Å²) in [6.45, 7) is -0.729. The summed E-state index contributed by atoms with van der Waals surface area (Å²) in [5.74, 6) is -1.92. The molecule has 2 aliphatic carbocycles. The summed E-state index contributed by atoms with van der Waals surface area (Å²) >= 11 is 12.0. The minimum atomic E-state index is -0.730. The molecular formula is C52H62Cl2F2N10O4. The van der Waals surface area contributed by atoms with E-state index in [1.54, 1.807) is 73.1 Å². The van der Waals surface area contributed by atoms with Gasteiger partial charge in [0.2, 0.25) is 0 Å². The van der Waals surface area contributed by atoms with Crippen LogP contribution in [-0.4, -0.2) is 67.3 Å². The Morgan fingerprint density at radius 1 is 0.600 bits per heavy atom. The number of nitrogen functional groups attached to an aromatic ring is 2. The molecule has 0 radical (unpaired) electrons. The monoisotopic (exact) mass is 998 g/mol. The highest BCUT2D eigenvalue weighted by atomic mass is 35.5. The summed E-state index contributed by atoms with van der Waals surface area (Å²) < 4.78 is 30.0. The fourth-order valence-corrected chi connectivity index (χ4v) is 8.95. The molecule has 0 aliphatic heterocycles. The zero-order valence-corrected chi connectivity index (χ0v) is 38.6. The summed E-state index contributed by atoms with van der Waals surface area (Å²) in [7, 11) is 0. The third-order valence-electron chi connectivity index (χ3n) is 12.5. The Kier molecular flexibility index (Phi) is 19.7. The standard InChI is InChI=1S/2C25H27ClFN5O2.2CH4/c2*26-17-3-1-2-15(10-17)22(13-33)32-25(34)19-9-6-16(11-20(19)27)23-24(29)30-12-21(31-23)14-4-7-18(28)8-5-14;;/h2*1-3,6,9-12,14,18,22,33H,4-5,7-8,13,28H2,(H2,29,30)(H,32,34);2*1H4/t2*14?,18?,22-;;/m11../s1. The second-order valence-corrected chi connectivity index (χ2v) is 18.1. The molecule has 70 heavy (non-hydrogen) atoms. The highest BCUT2D eigenvalue weighted by Gasteiger charge is 2.26. The van der Waals surface area contributed by atoms with E-state index in [0.29, 0.717) is 43.7 Å². The first kappa shape index (κ1) is 54.8. The molecule has 18 heteroatoms. The van der Waals surface area contributed by atoms with Gasteiger partial charge in [-0.2, -0.15) is 0 Å². The zero-order chi connectivity index (χ0) is 48.5. The Morgan fingerprint density at radius 2 is 0.971 bits per heavy atom. The minimum Gasteiger partial charge on any atom is -0.394 e. The van der Waals surface area contributed by atoms with Crippen molar-refractivity contribution in [2.24, 2.45) is 11.5 Å². The Morgan fingerprint density at radius 3 is 1.30 bits per heavy atom. The molecule has 8 rings (SSSR count). The van der Waals surface area contributed by atoms with Crippen molar-refractivity contribution in [2.45, 2.75) is 102 Å². The van der Waals surface area contributed by atoms with Crippen LogP contribution in [0.15, 0.2) is 97.3 Å². The molecule has 4 aromatic carbocycles. The Hall–Kier alpha value is -6.14. The van der Waals surface area contributed by atoms with Gasteiger partial charge in [-0.3, -0.25) is 9.59 Å². The van der Waals surface area contributed by atoms with Crippen LogP contribution in [0.4, 0.5) is 20.4 Å². The van der Waals surface area contributed by atoms with Crippen molar-refractivity contribution in [1.29, 1.82) is 0 Å². The lowest BCUT2D eigenvalue weighted by Gasteiger charge is -2.25. The van der Waals surface area contributed by atoms with E-state index in [2.05, 4.69) is 30.6 Å². The second-order valence-electron chi connectivity index (χ2n) is 17.2. The maximum atomic E-state index is 15.0. The molecule has 14 nitrogen and oxygen atoms in total. The molecule has 0 bridgehead atoms. The number of hydrogen-bond acceptors (Lipinski definition) is 12. The molecule has 0 saturated heterocycles. The van der Waals surface area contributed by atoms with E-state index in [1.807, 2.05) is 0 Å². The molecule has 0 unspecified atom stereocenters. The van der Waals surface area contributed by atoms with Gasteiger partial charge in [0.15, 0.2) is 0 Å². The van der Waals surface area contributed by atoms with Gasteiger partial charge in [0.05, 0.1) is 60.2 Å². The molecule has 372 valence electrons. The summed E-state index contributed by atoms with van der Waals surface area (Å²) in [5, 5.41) is 25.7. The van der Waals surface area contributed by atoms with Crippen LogP contribution in [0.5, 0.6) is 0 Å². The van der Waals surface area contributed by atoms with Crippen molar-refractivity contribution in [3.63, 3.8) is 0 Å². The molecule has 2 saturated carbocycles. The number of nitrogens with zero attached hydrogens (tertiary/aromatic N) is 4. The number of nitrogens with two attached hydrogens (primary N) is 4. The molecular weight excluding hydrogens is 938 g/mol. The molecule has 2 fully saturated rings. The lowest BCUT2D eigenvalue weighted by Crippen LogP contribution is -2.31. The minimum absolute atomic E-state index is 0. The van der Waals surface area contributed by atoms with Crippen LogP contribution in [0.3, 0.4) is 0 Å². The number of nitrogens with one attached hydrogen (secondary N) is 2. The number of hydrogen-bond donors (Lipinski definition) is 8. The third kappa shape index (κ3) is 13.6. The van der Waals surface area contributed by atoms with Crippen LogP contribution in [0.1, 0.15) is 133 Å². The largest absolute Gasteiger partial charge is 0.394 e. The molecule has 12 N–H and O–H groups in total. The van der Waals surface area contributed by atoms with Gasteiger partial charge < -0.3 is 43.8 Å². The molecule has 6 aromatic rings. The van der Waals surface area contributed by atoms with Gasteiger partial charge in [0.1, 0.15) is 34.7 Å². The SMILES string of the molecule is C.C.Nc1ncc(C2CCC(N)CC2)nc1-c1ccc(C(=O)N[C@H](CO)c2cccc(Cl)c2)c(F)c1.Nc1ncc(C2CCC(N)CC2)nc1-c1ccc(C(=O)N[C@H](CO)c2cccc(Cl)c2)c(F)c1. The van der Waals surface area contributed by atoms with Crippen molar-refractivity contribution in [1.82, 2.24) is 30.6 Å². The number of amides is 2. The summed E-state index contributed by atoms with van der Waals surface area (Å²) in [5.41, 5.74) is 28.3. The lowest BCUT2D eigenvalue weighted by molar-refractivity contribution is 0.0904. The molecule has 2 amide bonds. The van der Waals surface area contributed by atoms with Gasteiger partial charge in [-0.25, -0.2) is 28.7 Å². The Labute approximate surface area is 417 Å². The summed E-state index contributed by atoms with van der Waals surface area (Å²) in [4.78, 5) is 43.4. The van der Waals surface area contributed by atoms with E-state index in [0.717, 1.165) is 62.8 Å². The third-order valence-corrected chi connectivity index (χ3v) is 12.9. The topological polar surface area (TPSA) is 254 Å². The second kappa shape index (κ2) is 25.1. The number of carbonyl (C=O) groups is 2. The number of aliphatic hydroxyl groups excluding tert-OH is 2. The van der Waals surface area contributed by atoms with Gasteiger partial charge in [0.25, 0.3) is 11.8 Å². The predicted molar refractivity (Wildman–Crippen MR) is 273 cm³/mol. The molecule has 0 spiro atoms. The maximum Gasteiger partial charge on any atom is 0.254 e. The first-order valence-corrected chi connectivity index (χ1v) is 23.2. The van der Waals surface area contributed by atoms with Crippen molar-refractivity contribution in [2.75, 3.05) is 24.7 Å². The molecule has 2 atom stereocenters. The lowest BCUT2D eigenvalue weighted by atomic mass is 9.84. The Balaban J connectivity index is 0.000000254. The van der Waals surface area contributed by atoms with Gasteiger partial charge in [-0.15, -0.1) is 0 Å². The van der Waals surface area contributed by atoms with Gasteiger partial charge in [0, 0.05) is 45.1 Å². The van der Waals surface area contributed by atoms with E-state index in [9.17, 15) is 28.6 Å². The van der Waals surface area contributed by atoms with Crippen molar-refractivity contribution >= 4 is 46.7 Å². The van der Waals surface area contributed by atoms with Gasteiger partial charge in [-0.1, -0.05) is 74.5 Å². The Bertz CT molecular complexity index is 2550. The fourth-order valence-electron chi connectivity index (χ4n) is 8.55. The van der Waals surface area contributed by atoms with E-state index >= 15 is 0 Å². The number of aromatic nitrogens is 4. The van der Waals surface area contributed by atoms with Crippen LogP contribution >= 0.6 is 23.2 Å². The van der Waals surface area contributed by atoms with Crippen LogP contribution in [0.2, 0.25) is 10.0 Å². The highest BCUT2D eigenvalue weighted by Crippen LogP contribution is 2.35. The summed E-state index contributed by atoms with van der Waals surface area (Å²) in [6.07, 6.45) is 10.7. The molecule has 2 aliphatic rings. The van der Waals surface area contributed by atoms with E-state index in [1.165, 1.54) is 24.3 Å². The number of aliphatic hydroxyl groups is 2. The smallest absolute Gasteiger partial charge is 0.254 e. The number of anilines is 2. The van der Waals surface area contributed by atoms with Crippen molar-refractivity contribution in [3.8, 4) is 22.5 Å². The maximum absolute atomic E-state index is 15.0. The first-order valence-electron chi connectivity index (χ1n) is 22.4. The van der Waals surface area contributed by atoms with Crippen LogP contribution in [0, 0.1) is 11.6 Å². The van der Waals surface area contributed by atoms with Crippen molar-refractivity contribution in [3.05, 3.63) is 153 Å².